The van der Waals surface area contributed by atoms with E-state index < -0.39 is 12.1 Å². The van der Waals surface area contributed by atoms with E-state index in [-0.39, 0.29) is 5.69 Å². The first-order chi connectivity index (χ1) is 9.18. The van der Waals surface area contributed by atoms with Crippen LogP contribution in [0.4, 0.5) is 0 Å². The standard InChI is InChI=1S/C13H13N3O3/c17-9-2-1-7-16-11(9)10(13(18)19)15-12(16)8-3-5-14-6-4-8/h3-6,9,17H,1-2,7H2,(H,18,19). The molecule has 0 saturated carbocycles. The smallest absolute Gasteiger partial charge is 0.356 e. The van der Waals surface area contributed by atoms with Gasteiger partial charge in [0, 0.05) is 24.5 Å². The predicted molar refractivity (Wildman–Crippen MR) is 66.6 cm³/mol. The third-order valence-corrected chi connectivity index (χ3v) is 3.32. The molecule has 1 unspecified atom stereocenters. The van der Waals surface area contributed by atoms with E-state index in [1.165, 1.54) is 0 Å². The van der Waals surface area contributed by atoms with Gasteiger partial charge in [-0.1, -0.05) is 0 Å². The number of aliphatic hydroxyl groups is 1. The first kappa shape index (κ1) is 11.9. The second kappa shape index (κ2) is 4.47. The van der Waals surface area contributed by atoms with E-state index in [1.807, 2.05) is 0 Å². The van der Waals surface area contributed by atoms with E-state index >= 15 is 0 Å². The maximum Gasteiger partial charge on any atom is 0.356 e. The van der Waals surface area contributed by atoms with Gasteiger partial charge in [0.1, 0.15) is 5.82 Å². The first-order valence-corrected chi connectivity index (χ1v) is 6.10. The molecule has 2 aromatic heterocycles. The van der Waals surface area contributed by atoms with Gasteiger partial charge in [-0.05, 0) is 25.0 Å². The number of hydrogen-bond acceptors (Lipinski definition) is 4. The highest BCUT2D eigenvalue weighted by Gasteiger charge is 2.29. The molecule has 6 heteroatoms. The number of carboxylic acids is 1. The number of rotatable bonds is 2. The maximum absolute atomic E-state index is 11.3. The fourth-order valence-corrected chi connectivity index (χ4v) is 2.49. The van der Waals surface area contributed by atoms with Gasteiger partial charge < -0.3 is 14.8 Å². The van der Waals surface area contributed by atoms with Crippen LogP contribution in [-0.4, -0.2) is 30.7 Å². The van der Waals surface area contributed by atoms with E-state index in [2.05, 4.69) is 9.97 Å². The summed E-state index contributed by atoms with van der Waals surface area (Å²) in [6.07, 6.45) is 3.89. The topological polar surface area (TPSA) is 88.2 Å². The summed E-state index contributed by atoms with van der Waals surface area (Å²) in [5.74, 6) is -0.529. The average molecular weight is 259 g/mol. The molecule has 0 aromatic carbocycles. The molecule has 1 aliphatic heterocycles. The summed E-state index contributed by atoms with van der Waals surface area (Å²) in [7, 11) is 0. The molecule has 0 saturated heterocycles. The van der Waals surface area contributed by atoms with E-state index in [4.69, 9.17) is 0 Å². The highest BCUT2D eigenvalue weighted by atomic mass is 16.4. The minimum absolute atomic E-state index is 0.0565. The number of aromatic nitrogens is 3. The second-order valence-corrected chi connectivity index (χ2v) is 4.52. The van der Waals surface area contributed by atoms with Crippen molar-refractivity contribution in [2.75, 3.05) is 0 Å². The third-order valence-electron chi connectivity index (χ3n) is 3.32. The van der Waals surface area contributed by atoms with Crippen molar-refractivity contribution in [2.24, 2.45) is 0 Å². The largest absolute Gasteiger partial charge is 0.476 e. The van der Waals surface area contributed by atoms with E-state index in [1.54, 1.807) is 29.1 Å². The van der Waals surface area contributed by atoms with Crippen LogP contribution in [0.2, 0.25) is 0 Å². The molecule has 0 radical (unpaired) electrons. The normalized spacial score (nSPS) is 18.1. The van der Waals surface area contributed by atoms with Crippen LogP contribution in [0.5, 0.6) is 0 Å². The molecule has 3 heterocycles. The first-order valence-electron chi connectivity index (χ1n) is 6.10. The van der Waals surface area contributed by atoms with Crippen LogP contribution in [0.1, 0.15) is 35.1 Å². The van der Waals surface area contributed by atoms with Gasteiger partial charge in [-0.2, -0.15) is 0 Å². The molecule has 0 bridgehead atoms. The summed E-state index contributed by atoms with van der Waals surface area (Å²) < 4.78 is 1.80. The number of pyridine rings is 1. The Morgan fingerprint density at radius 1 is 1.37 bits per heavy atom. The monoisotopic (exact) mass is 259 g/mol. The Morgan fingerprint density at radius 3 is 2.79 bits per heavy atom. The van der Waals surface area contributed by atoms with Crippen molar-refractivity contribution in [1.82, 2.24) is 14.5 Å². The predicted octanol–water partition coefficient (Wildman–Crippen LogP) is 1.47. The lowest BCUT2D eigenvalue weighted by molar-refractivity contribution is 0.0677. The molecule has 0 aliphatic carbocycles. The van der Waals surface area contributed by atoms with Gasteiger partial charge in [-0.3, -0.25) is 4.98 Å². The minimum atomic E-state index is -1.11. The number of nitrogens with zero attached hydrogens (tertiary/aromatic N) is 3. The Hall–Kier alpha value is -2.21. The van der Waals surface area contributed by atoms with Gasteiger partial charge in [-0.15, -0.1) is 0 Å². The number of aliphatic hydroxyl groups excluding tert-OH is 1. The van der Waals surface area contributed by atoms with Crippen LogP contribution in [0.25, 0.3) is 11.4 Å². The second-order valence-electron chi connectivity index (χ2n) is 4.52. The number of hydrogen-bond donors (Lipinski definition) is 2. The Labute approximate surface area is 109 Å². The van der Waals surface area contributed by atoms with Crippen molar-refractivity contribution in [2.45, 2.75) is 25.5 Å². The molecular formula is C13H13N3O3. The summed E-state index contributed by atoms with van der Waals surface area (Å²) in [5.41, 5.74) is 1.16. The molecule has 1 atom stereocenters. The summed E-state index contributed by atoms with van der Waals surface area (Å²) in [4.78, 5) is 19.4. The maximum atomic E-state index is 11.3. The molecule has 2 N–H and O–H groups in total. The lowest BCUT2D eigenvalue weighted by Gasteiger charge is -2.21. The van der Waals surface area contributed by atoms with Crippen LogP contribution in [0.15, 0.2) is 24.5 Å². The number of imidazole rings is 1. The number of fused-ring (bicyclic) bond motifs is 1. The molecule has 0 spiro atoms. The molecule has 1 aliphatic rings. The Balaban J connectivity index is 2.22. The van der Waals surface area contributed by atoms with Gasteiger partial charge >= 0.3 is 5.97 Å². The van der Waals surface area contributed by atoms with Gasteiger partial charge in [0.2, 0.25) is 0 Å². The zero-order chi connectivity index (χ0) is 13.4. The van der Waals surface area contributed by atoms with E-state index in [0.717, 1.165) is 12.0 Å². The average Bonchev–Trinajstić information content (AvgIpc) is 2.81. The molecule has 6 nitrogen and oxygen atoms in total. The van der Waals surface area contributed by atoms with Crippen molar-refractivity contribution < 1.29 is 15.0 Å². The molecule has 0 fully saturated rings. The van der Waals surface area contributed by atoms with Crippen molar-refractivity contribution in [1.29, 1.82) is 0 Å². The van der Waals surface area contributed by atoms with Crippen LogP contribution >= 0.6 is 0 Å². The van der Waals surface area contributed by atoms with Gasteiger partial charge in [0.05, 0.1) is 11.8 Å². The number of carbonyl (C=O) groups is 1. The highest BCUT2D eigenvalue weighted by molar-refractivity contribution is 5.88. The van der Waals surface area contributed by atoms with Crippen LogP contribution in [0, 0.1) is 0 Å². The quantitative estimate of drug-likeness (QED) is 0.852. The van der Waals surface area contributed by atoms with Crippen LogP contribution < -0.4 is 0 Å². The molecule has 19 heavy (non-hydrogen) atoms. The number of aromatic carboxylic acids is 1. The SMILES string of the molecule is O=C(O)c1nc(-c2ccncc2)n2c1C(O)CCC2. The number of carboxylic acid groups (broad SMARTS) is 1. The fraction of sp³-hybridized carbons (Fsp3) is 0.308. The fourth-order valence-electron chi connectivity index (χ4n) is 2.49. The lowest BCUT2D eigenvalue weighted by atomic mass is 10.0. The van der Waals surface area contributed by atoms with Crippen LogP contribution in [0.3, 0.4) is 0 Å². The summed E-state index contributed by atoms with van der Waals surface area (Å²) in [6.45, 7) is 0.671. The van der Waals surface area contributed by atoms with Gasteiger partial charge in [0.25, 0.3) is 0 Å². The molecule has 0 amide bonds. The van der Waals surface area contributed by atoms with Crippen LogP contribution in [-0.2, 0) is 6.54 Å². The lowest BCUT2D eigenvalue weighted by Crippen LogP contribution is -2.18. The molecule has 2 aromatic rings. The summed E-state index contributed by atoms with van der Waals surface area (Å²) in [5, 5.41) is 19.2. The minimum Gasteiger partial charge on any atom is -0.476 e. The van der Waals surface area contributed by atoms with Crippen molar-refractivity contribution in [3.63, 3.8) is 0 Å². The van der Waals surface area contributed by atoms with Crippen molar-refractivity contribution >= 4 is 5.97 Å². The molecule has 98 valence electrons. The van der Waals surface area contributed by atoms with E-state index in [9.17, 15) is 15.0 Å². The third kappa shape index (κ3) is 1.90. The summed E-state index contributed by atoms with van der Waals surface area (Å²) in [6, 6.07) is 3.56. The zero-order valence-electron chi connectivity index (χ0n) is 10.2. The summed E-state index contributed by atoms with van der Waals surface area (Å²) >= 11 is 0. The zero-order valence-corrected chi connectivity index (χ0v) is 10.2. The molecular weight excluding hydrogens is 246 g/mol. The van der Waals surface area contributed by atoms with Crippen molar-refractivity contribution in [3.05, 3.63) is 35.9 Å². The Kier molecular flexibility index (Phi) is 2.79. The Morgan fingerprint density at radius 2 is 2.11 bits per heavy atom. The highest BCUT2D eigenvalue weighted by Crippen LogP contribution is 2.32. The van der Waals surface area contributed by atoms with E-state index in [0.29, 0.717) is 24.5 Å². The van der Waals surface area contributed by atoms with Crippen molar-refractivity contribution in [3.8, 4) is 11.4 Å². The van der Waals surface area contributed by atoms with Gasteiger partial charge in [-0.25, -0.2) is 9.78 Å². The molecule has 3 rings (SSSR count). The van der Waals surface area contributed by atoms with Gasteiger partial charge in [0.15, 0.2) is 5.69 Å². The Bertz CT molecular complexity index is 622.